The van der Waals surface area contributed by atoms with E-state index in [0.717, 1.165) is 18.9 Å². The summed E-state index contributed by atoms with van der Waals surface area (Å²) in [4.78, 5) is 0. The van der Waals surface area contributed by atoms with E-state index in [1.54, 1.807) is 20.8 Å². The molecule has 2 rings (SSSR count). The van der Waals surface area contributed by atoms with Crippen molar-refractivity contribution in [2.45, 2.75) is 51.5 Å². The molecule has 0 unspecified atom stereocenters. The highest BCUT2D eigenvalue weighted by molar-refractivity contribution is 5.43. The summed E-state index contributed by atoms with van der Waals surface area (Å²) in [6, 6.07) is 3.68. The van der Waals surface area contributed by atoms with Crippen LogP contribution in [0.15, 0.2) is 18.2 Å². The fourth-order valence-corrected chi connectivity index (χ4v) is 1.60. The fourth-order valence-electron chi connectivity index (χ4n) is 1.60. The molecule has 1 aromatic rings. The minimum atomic E-state index is -4.43. The Hall–Kier alpha value is -1.39. The van der Waals surface area contributed by atoms with E-state index in [0.29, 0.717) is 5.75 Å². The molecule has 0 aromatic heterocycles. The smallest absolute Gasteiger partial charge is 0.419 e. The molecule has 2 nitrogen and oxygen atoms in total. The van der Waals surface area contributed by atoms with Crippen molar-refractivity contribution in [2.75, 3.05) is 0 Å². The highest BCUT2D eigenvalue weighted by Crippen LogP contribution is 2.40. The van der Waals surface area contributed by atoms with E-state index in [2.05, 4.69) is 0 Å². The van der Waals surface area contributed by atoms with Gasteiger partial charge in [-0.25, -0.2) is 0 Å². The average molecular weight is 274 g/mol. The molecule has 106 valence electrons. The van der Waals surface area contributed by atoms with Crippen molar-refractivity contribution in [1.29, 1.82) is 0 Å². The lowest BCUT2D eigenvalue weighted by molar-refractivity contribution is -0.139. The van der Waals surface area contributed by atoms with Gasteiger partial charge in [0.05, 0.1) is 11.7 Å². The van der Waals surface area contributed by atoms with Crippen molar-refractivity contribution in [2.24, 2.45) is 0 Å². The fraction of sp³-hybridized carbons (Fsp3) is 0.571. The predicted molar refractivity (Wildman–Crippen MR) is 65.5 cm³/mol. The Morgan fingerprint density at radius 2 is 1.74 bits per heavy atom. The van der Waals surface area contributed by atoms with E-state index in [-0.39, 0.29) is 11.9 Å². The Labute approximate surface area is 110 Å². The molecule has 5 heteroatoms. The normalized spacial score (nSPS) is 16.3. The SMILES string of the molecule is CC(C)(C)Oc1cc(OC2CC2)ccc1C(F)(F)F. The van der Waals surface area contributed by atoms with Crippen LogP contribution in [0.25, 0.3) is 0 Å². The molecule has 0 spiro atoms. The van der Waals surface area contributed by atoms with Gasteiger partial charge in [0.2, 0.25) is 0 Å². The Kier molecular flexibility index (Phi) is 3.41. The molecule has 1 aliphatic rings. The second-order valence-corrected chi connectivity index (χ2v) is 5.69. The molecule has 0 radical (unpaired) electrons. The third kappa shape index (κ3) is 4.04. The van der Waals surface area contributed by atoms with Crippen LogP contribution < -0.4 is 9.47 Å². The second-order valence-electron chi connectivity index (χ2n) is 5.69. The van der Waals surface area contributed by atoms with Crippen LogP contribution in [-0.4, -0.2) is 11.7 Å². The summed E-state index contributed by atoms with van der Waals surface area (Å²) < 4.78 is 49.6. The third-order valence-electron chi connectivity index (χ3n) is 2.50. The standard InChI is InChI=1S/C14H17F3O2/c1-13(2,3)19-12-8-10(18-9-4-5-9)6-7-11(12)14(15,16)17/h6-9H,4-5H2,1-3H3. The zero-order valence-corrected chi connectivity index (χ0v) is 11.2. The summed E-state index contributed by atoms with van der Waals surface area (Å²) >= 11 is 0. The summed E-state index contributed by atoms with van der Waals surface area (Å²) in [5.74, 6) is 0.243. The quantitative estimate of drug-likeness (QED) is 0.812. The maximum absolute atomic E-state index is 12.9. The number of alkyl halides is 3. The number of rotatable bonds is 3. The molecule has 19 heavy (non-hydrogen) atoms. The molecule has 0 aliphatic heterocycles. The van der Waals surface area contributed by atoms with Crippen LogP contribution in [0, 0.1) is 0 Å². The molecule has 1 aliphatic carbocycles. The predicted octanol–water partition coefficient (Wildman–Crippen LogP) is 4.42. The number of benzene rings is 1. The van der Waals surface area contributed by atoms with Gasteiger partial charge in [0, 0.05) is 6.07 Å². The van der Waals surface area contributed by atoms with Crippen molar-refractivity contribution in [3.8, 4) is 11.5 Å². The molecule has 1 saturated carbocycles. The molecule has 0 amide bonds. The summed E-state index contributed by atoms with van der Waals surface area (Å²) in [5.41, 5.74) is -1.47. The van der Waals surface area contributed by atoms with Crippen LogP contribution in [0.4, 0.5) is 13.2 Å². The van der Waals surface area contributed by atoms with Crippen molar-refractivity contribution in [3.05, 3.63) is 23.8 Å². The first-order chi connectivity index (χ1) is 8.65. The van der Waals surface area contributed by atoms with Crippen molar-refractivity contribution < 1.29 is 22.6 Å². The number of hydrogen-bond donors (Lipinski definition) is 0. The molecule has 0 atom stereocenters. The summed E-state index contributed by atoms with van der Waals surface area (Å²) in [7, 11) is 0. The Bertz CT molecular complexity index is 457. The van der Waals surface area contributed by atoms with Crippen LogP contribution in [0.3, 0.4) is 0 Å². The molecule has 0 N–H and O–H groups in total. The van der Waals surface area contributed by atoms with Gasteiger partial charge in [0.25, 0.3) is 0 Å². The van der Waals surface area contributed by atoms with Gasteiger partial charge in [-0.15, -0.1) is 0 Å². The molecule has 1 aromatic carbocycles. The lowest BCUT2D eigenvalue weighted by atomic mass is 10.1. The van der Waals surface area contributed by atoms with E-state index >= 15 is 0 Å². The van der Waals surface area contributed by atoms with Gasteiger partial charge in [-0.2, -0.15) is 13.2 Å². The highest BCUT2D eigenvalue weighted by Gasteiger charge is 2.36. The van der Waals surface area contributed by atoms with E-state index in [4.69, 9.17) is 9.47 Å². The lowest BCUT2D eigenvalue weighted by Gasteiger charge is -2.24. The maximum atomic E-state index is 12.9. The van der Waals surface area contributed by atoms with Gasteiger partial charge < -0.3 is 9.47 Å². The number of ether oxygens (including phenoxy) is 2. The minimum Gasteiger partial charge on any atom is -0.490 e. The monoisotopic (exact) mass is 274 g/mol. The van der Waals surface area contributed by atoms with Crippen LogP contribution >= 0.6 is 0 Å². The summed E-state index contributed by atoms with van der Waals surface area (Å²) in [6.07, 6.45) is -2.38. The lowest BCUT2D eigenvalue weighted by Crippen LogP contribution is -2.24. The Morgan fingerprint density at radius 1 is 1.11 bits per heavy atom. The van der Waals surface area contributed by atoms with E-state index in [9.17, 15) is 13.2 Å². The zero-order valence-electron chi connectivity index (χ0n) is 11.2. The molecule has 0 saturated heterocycles. The van der Waals surface area contributed by atoms with Crippen LogP contribution in [0.5, 0.6) is 11.5 Å². The van der Waals surface area contributed by atoms with E-state index < -0.39 is 17.3 Å². The van der Waals surface area contributed by atoms with Gasteiger partial charge in [0.1, 0.15) is 17.1 Å². The third-order valence-corrected chi connectivity index (χ3v) is 2.50. The topological polar surface area (TPSA) is 18.5 Å². The van der Waals surface area contributed by atoms with Crippen molar-refractivity contribution >= 4 is 0 Å². The first-order valence-corrected chi connectivity index (χ1v) is 6.22. The molecule has 0 heterocycles. The summed E-state index contributed by atoms with van der Waals surface area (Å²) in [6.45, 7) is 5.13. The molecular formula is C14H17F3O2. The molecular weight excluding hydrogens is 257 g/mol. The van der Waals surface area contributed by atoms with Crippen LogP contribution in [0.2, 0.25) is 0 Å². The van der Waals surface area contributed by atoms with Gasteiger partial charge in [-0.1, -0.05) is 0 Å². The van der Waals surface area contributed by atoms with Crippen molar-refractivity contribution in [3.63, 3.8) is 0 Å². The summed E-state index contributed by atoms with van der Waals surface area (Å²) in [5, 5.41) is 0. The van der Waals surface area contributed by atoms with Gasteiger partial charge in [0.15, 0.2) is 0 Å². The second kappa shape index (κ2) is 4.62. The van der Waals surface area contributed by atoms with Crippen LogP contribution in [-0.2, 0) is 6.18 Å². The number of hydrogen-bond acceptors (Lipinski definition) is 2. The first kappa shape index (κ1) is 14.0. The number of halogens is 3. The first-order valence-electron chi connectivity index (χ1n) is 6.22. The van der Waals surface area contributed by atoms with Crippen molar-refractivity contribution in [1.82, 2.24) is 0 Å². The van der Waals surface area contributed by atoms with Gasteiger partial charge in [-0.05, 0) is 45.7 Å². The van der Waals surface area contributed by atoms with Gasteiger partial charge >= 0.3 is 6.18 Å². The molecule has 1 fully saturated rings. The highest BCUT2D eigenvalue weighted by atomic mass is 19.4. The van der Waals surface area contributed by atoms with Crippen LogP contribution in [0.1, 0.15) is 39.2 Å². The zero-order chi connectivity index (χ0) is 14.3. The average Bonchev–Trinajstić information content (AvgIpc) is 2.97. The maximum Gasteiger partial charge on any atom is 0.419 e. The van der Waals surface area contributed by atoms with E-state index in [1.165, 1.54) is 12.1 Å². The minimum absolute atomic E-state index is 0.138. The van der Waals surface area contributed by atoms with E-state index in [1.807, 2.05) is 0 Å². The molecule has 0 bridgehead atoms. The Morgan fingerprint density at radius 3 is 2.21 bits per heavy atom. The van der Waals surface area contributed by atoms with Gasteiger partial charge in [-0.3, -0.25) is 0 Å². The Balaban J connectivity index is 2.31. The largest absolute Gasteiger partial charge is 0.490 e.